The molecule has 3 rings (SSSR count). The van der Waals surface area contributed by atoms with Crippen molar-refractivity contribution in [3.05, 3.63) is 28.4 Å². The molecule has 102 valence electrons. The van der Waals surface area contributed by atoms with Crippen molar-refractivity contribution >= 4 is 63.4 Å². The third kappa shape index (κ3) is 2.35. The van der Waals surface area contributed by atoms with Crippen molar-refractivity contribution in [1.29, 1.82) is 0 Å². The second kappa shape index (κ2) is 5.35. The standard InChI is InChI=1S/C11H8Cl2N6S/c1-14-11-15-4-6(13)10(17-11)16-8-5(12)2-3-7-9(8)19-20-18-7/h2-4H,1H3,(H2,14,15,16,17). The maximum Gasteiger partial charge on any atom is 0.224 e. The number of halogens is 2. The number of rotatable bonds is 3. The van der Waals surface area contributed by atoms with Crippen molar-refractivity contribution in [2.45, 2.75) is 0 Å². The summed E-state index contributed by atoms with van der Waals surface area (Å²) in [6.45, 7) is 0. The minimum atomic E-state index is 0.389. The van der Waals surface area contributed by atoms with Crippen LogP contribution in [0.3, 0.4) is 0 Å². The van der Waals surface area contributed by atoms with Gasteiger partial charge in [0.05, 0.1) is 28.6 Å². The Morgan fingerprint density at radius 1 is 1.15 bits per heavy atom. The van der Waals surface area contributed by atoms with E-state index in [0.29, 0.717) is 33.0 Å². The van der Waals surface area contributed by atoms with Gasteiger partial charge in [-0.1, -0.05) is 23.2 Å². The predicted molar refractivity (Wildman–Crippen MR) is 82.3 cm³/mol. The number of fused-ring (bicyclic) bond motifs is 1. The summed E-state index contributed by atoms with van der Waals surface area (Å²) in [6, 6.07) is 3.56. The predicted octanol–water partition coefficient (Wildman–Crippen LogP) is 3.57. The van der Waals surface area contributed by atoms with Crippen LogP contribution in [0.1, 0.15) is 0 Å². The number of hydrogen-bond acceptors (Lipinski definition) is 7. The van der Waals surface area contributed by atoms with Gasteiger partial charge in [0.15, 0.2) is 5.82 Å². The summed E-state index contributed by atoms with van der Waals surface area (Å²) in [5.41, 5.74) is 2.07. The number of aromatic nitrogens is 4. The first-order valence-electron chi connectivity index (χ1n) is 5.57. The molecule has 0 spiro atoms. The lowest BCUT2D eigenvalue weighted by atomic mass is 10.2. The fraction of sp³-hybridized carbons (Fsp3) is 0.0909. The van der Waals surface area contributed by atoms with E-state index in [2.05, 4.69) is 29.3 Å². The molecule has 9 heteroatoms. The van der Waals surface area contributed by atoms with Crippen molar-refractivity contribution in [2.75, 3.05) is 17.7 Å². The molecule has 2 heterocycles. The minimum absolute atomic E-state index is 0.389. The van der Waals surface area contributed by atoms with E-state index in [4.69, 9.17) is 23.2 Å². The summed E-state index contributed by atoms with van der Waals surface area (Å²) >= 11 is 13.4. The number of nitrogens with zero attached hydrogens (tertiary/aromatic N) is 4. The van der Waals surface area contributed by atoms with Gasteiger partial charge in [0, 0.05) is 7.05 Å². The van der Waals surface area contributed by atoms with Crippen molar-refractivity contribution in [3.8, 4) is 0 Å². The van der Waals surface area contributed by atoms with E-state index in [-0.39, 0.29) is 0 Å². The Balaban J connectivity index is 2.09. The molecule has 0 aliphatic heterocycles. The molecule has 1 aromatic carbocycles. The van der Waals surface area contributed by atoms with Crippen LogP contribution in [-0.4, -0.2) is 25.8 Å². The molecule has 3 aromatic rings. The molecule has 0 saturated heterocycles. The van der Waals surface area contributed by atoms with Crippen molar-refractivity contribution in [3.63, 3.8) is 0 Å². The first-order valence-corrected chi connectivity index (χ1v) is 7.05. The number of nitrogens with one attached hydrogen (secondary N) is 2. The Kier molecular flexibility index (Phi) is 3.56. The van der Waals surface area contributed by atoms with Crippen LogP contribution in [0.25, 0.3) is 11.0 Å². The van der Waals surface area contributed by atoms with E-state index in [1.165, 1.54) is 6.20 Å². The Labute approximate surface area is 128 Å². The van der Waals surface area contributed by atoms with Gasteiger partial charge in [0.25, 0.3) is 0 Å². The van der Waals surface area contributed by atoms with E-state index in [9.17, 15) is 0 Å². The molecular formula is C11H8Cl2N6S. The molecule has 0 aliphatic rings. The van der Waals surface area contributed by atoms with Crippen LogP contribution in [0, 0.1) is 0 Å². The third-order valence-electron chi connectivity index (χ3n) is 2.59. The largest absolute Gasteiger partial charge is 0.357 e. The molecule has 0 fully saturated rings. The number of anilines is 3. The summed E-state index contributed by atoms with van der Waals surface area (Å²) in [5, 5.41) is 6.85. The number of hydrogen-bond donors (Lipinski definition) is 2. The first-order chi connectivity index (χ1) is 9.69. The van der Waals surface area contributed by atoms with Crippen molar-refractivity contribution in [1.82, 2.24) is 18.7 Å². The van der Waals surface area contributed by atoms with Crippen LogP contribution in [0.4, 0.5) is 17.5 Å². The molecule has 0 bridgehead atoms. The molecule has 20 heavy (non-hydrogen) atoms. The molecule has 2 N–H and O–H groups in total. The smallest absolute Gasteiger partial charge is 0.224 e. The Bertz CT molecular complexity index is 775. The van der Waals surface area contributed by atoms with Crippen LogP contribution >= 0.6 is 34.9 Å². The third-order valence-corrected chi connectivity index (χ3v) is 3.72. The average molecular weight is 327 g/mol. The van der Waals surface area contributed by atoms with Crippen LogP contribution < -0.4 is 10.6 Å². The molecule has 0 saturated carbocycles. The molecule has 0 atom stereocenters. The van der Waals surface area contributed by atoms with Gasteiger partial charge in [0.1, 0.15) is 16.1 Å². The maximum atomic E-state index is 6.21. The van der Waals surface area contributed by atoms with Crippen LogP contribution in [0.15, 0.2) is 18.3 Å². The summed E-state index contributed by atoms with van der Waals surface area (Å²) in [7, 11) is 1.73. The van der Waals surface area contributed by atoms with Crippen LogP contribution in [0.5, 0.6) is 0 Å². The van der Waals surface area contributed by atoms with E-state index < -0.39 is 0 Å². The van der Waals surface area contributed by atoms with Crippen LogP contribution in [-0.2, 0) is 0 Å². The highest BCUT2D eigenvalue weighted by molar-refractivity contribution is 7.00. The summed E-state index contributed by atoms with van der Waals surface area (Å²) < 4.78 is 8.40. The molecule has 6 nitrogen and oxygen atoms in total. The van der Waals surface area contributed by atoms with E-state index >= 15 is 0 Å². The Hall–Kier alpha value is -1.70. The molecule has 2 aromatic heterocycles. The second-order valence-corrected chi connectivity index (χ2v) is 5.16. The average Bonchev–Trinajstić information content (AvgIpc) is 2.92. The Morgan fingerprint density at radius 3 is 2.80 bits per heavy atom. The maximum absolute atomic E-state index is 6.21. The fourth-order valence-corrected chi connectivity index (χ4v) is 2.52. The Morgan fingerprint density at radius 2 is 2.00 bits per heavy atom. The molecule has 0 aliphatic carbocycles. The lowest BCUT2D eigenvalue weighted by molar-refractivity contribution is 1.15. The second-order valence-electron chi connectivity index (χ2n) is 3.82. The summed E-state index contributed by atoms with van der Waals surface area (Å²) in [5.74, 6) is 0.907. The molecule has 0 radical (unpaired) electrons. The highest BCUT2D eigenvalue weighted by Crippen LogP contribution is 2.33. The summed E-state index contributed by atoms with van der Waals surface area (Å²) in [6.07, 6.45) is 1.51. The SMILES string of the molecule is CNc1ncc(Cl)c(Nc2c(Cl)ccc3nsnc23)n1. The van der Waals surface area contributed by atoms with Gasteiger partial charge in [-0.2, -0.15) is 13.7 Å². The van der Waals surface area contributed by atoms with Crippen LogP contribution in [0.2, 0.25) is 10.0 Å². The monoisotopic (exact) mass is 326 g/mol. The molecule has 0 amide bonds. The summed E-state index contributed by atoms with van der Waals surface area (Å²) in [4.78, 5) is 8.27. The van der Waals surface area contributed by atoms with E-state index in [0.717, 1.165) is 17.2 Å². The van der Waals surface area contributed by atoms with Crippen molar-refractivity contribution in [2.24, 2.45) is 0 Å². The van der Waals surface area contributed by atoms with Gasteiger partial charge in [-0.3, -0.25) is 0 Å². The lowest BCUT2D eigenvalue weighted by Crippen LogP contribution is -2.01. The highest BCUT2D eigenvalue weighted by Gasteiger charge is 2.13. The zero-order valence-corrected chi connectivity index (χ0v) is 12.5. The van der Waals surface area contributed by atoms with Gasteiger partial charge in [-0.05, 0) is 12.1 Å². The minimum Gasteiger partial charge on any atom is -0.357 e. The van der Waals surface area contributed by atoms with Gasteiger partial charge in [-0.15, -0.1) is 0 Å². The molecular weight excluding hydrogens is 319 g/mol. The quantitative estimate of drug-likeness (QED) is 0.766. The van der Waals surface area contributed by atoms with Crippen molar-refractivity contribution < 1.29 is 0 Å². The fourth-order valence-electron chi connectivity index (χ4n) is 1.64. The van der Waals surface area contributed by atoms with Gasteiger partial charge in [0.2, 0.25) is 5.95 Å². The first kappa shape index (κ1) is 13.3. The zero-order chi connectivity index (χ0) is 14.1. The topological polar surface area (TPSA) is 75.6 Å². The highest BCUT2D eigenvalue weighted by atomic mass is 35.5. The zero-order valence-electron chi connectivity index (χ0n) is 10.2. The lowest BCUT2D eigenvalue weighted by Gasteiger charge is -2.10. The van der Waals surface area contributed by atoms with Gasteiger partial charge >= 0.3 is 0 Å². The van der Waals surface area contributed by atoms with Gasteiger partial charge < -0.3 is 10.6 Å². The van der Waals surface area contributed by atoms with Gasteiger partial charge in [-0.25, -0.2) is 4.98 Å². The van der Waals surface area contributed by atoms with E-state index in [1.807, 2.05) is 6.07 Å². The number of benzene rings is 1. The molecule has 0 unspecified atom stereocenters. The normalized spacial score (nSPS) is 10.8. The van der Waals surface area contributed by atoms with E-state index in [1.54, 1.807) is 13.1 Å².